The molecular formula is C18H20N2O2S2. The molecule has 0 unspecified atom stereocenters. The van der Waals surface area contributed by atoms with Crippen molar-refractivity contribution in [3.63, 3.8) is 0 Å². The van der Waals surface area contributed by atoms with Gasteiger partial charge >= 0.3 is 0 Å². The first-order chi connectivity index (χ1) is 11.4. The van der Waals surface area contributed by atoms with E-state index in [1.807, 2.05) is 48.5 Å². The van der Waals surface area contributed by atoms with Crippen molar-refractivity contribution in [1.29, 1.82) is 0 Å². The van der Waals surface area contributed by atoms with Gasteiger partial charge in [-0.15, -0.1) is 0 Å². The van der Waals surface area contributed by atoms with E-state index in [0.29, 0.717) is 11.1 Å². The number of carbonyl (C=O) groups excluding carboxylic acids is 2. The summed E-state index contributed by atoms with van der Waals surface area (Å²) in [6, 6.07) is 15.1. The Morgan fingerprint density at radius 1 is 0.708 bits per heavy atom. The predicted octanol–water partition coefficient (Wildman–Crippen LogP) is 3.89. The number of carbonyl (C=O) groups is 2. The summed E-state index contributed by atoms with van der Waals surface area (Å²) in [7, 11) is 10.1. The largest absolute Gasteiger partial charge is 0.345 e. The van der Waals surface area contributed by atoms with Gasteiger partial charge in [-0.2, -0.15) is 0 Å². The number of hydrogen-bond donors (Lipinski definition) is 0. The molecule has 0 bridgehead atoms. The SMILES string of the molecule is CN(C)C(=O)c1cccc(SSc2cccc(C(=O)N(C)C)c2)c1. The van der Waals surface area contributed by atoms with E-state index in [0.717, 1.165) is 9.79 Å². The molecule has 24 heavy (non-hydrogen) atoms. The lowest BCUT2D eigenvalue weighted by molar-refractivity contribution is 0.0820. The molecule has 0 saturated heterocycles. The molecule has 0 spiro atoms. The number of amides is 2. The van der Waals surface area contributed by atoms with Crippen molar-refractivity contribution in [2.45, 2.75) is 9.79 Å². The van der Waals surface area contributed by atoms with Gasteiger partial charge in [0.1, 0.15) is 0 Å². The second kappa shape index (κ2) is 8.26. The van der Waals surface area contributed by atoms with Gasteiger partial charge in [-0.3, -0.25) is 9.59 Å². The average molecular weight is 361 g/mol. The van der Waals surface area contributed by atoms with Crippen LogP contribution in [0.2, 0.25) is 0 Å². The minimum Gasteiger partial charge on any atom is -0.345 e. The number of rotatable bonds is 5. The van der Waals surface area contributed by atoms with Crippen LogP contribution in [-0.2, 0) is 0 Å². The fourth-order valence-corrected chi connectivity index (χ4v) is 3.98. The maximum absolute atomic E-state index is 12.0. The van der Waals surface area contributed by atoms with Crippen LogP contribution in [-0.4, -0.2) is 49.8 Å². The first-order valence-electron chi connectivity index (χ1n) is 7.36. The Bertz CT molecular complexity index is 682. The van der Waals surface area contributed by atoms with Gasteiger partial charge in [-0.1, -0.05) is 33.7 Å². The Labute approximate surface area is 150 Å². The summed E-state index contributed by atoms with van der Waals surface area (Å²) in [6.07, 6.45) is 0. The molecule has 0 atom stereocenters. The fourth-order valence-electron chi connectivity index (χ4n) is 1.97. The van der Waals surface area contributed by atoms with Crippen LogP contribution in [0.4, 0.5) is 0 Å². The zero-order chi connectivity index (χ0) is 17.7. The molecule has 0 saturated carbocycles. The maximum atomic E-state index is 12.0. The van der Waals surface area contributed by atoms with Gasteiger partial charge in [-0.05, 0) is 36.4 Å². The van der Waals surface area contributed by atoms with Gasteiger partial charge in [0.25, 0.3) is 11.8 Å². The summed E-state index contributed by atoms with van der Waals surface area (Å²) >= 11 is 0. The molecule has 0 N–H and O–H groups in total. The molecule has 0 aliphatic rings. The lowest BCUT2D eigenvalue weighted by Gasteiger charge is -2.12. The minimum absolute atomic E-state index is 0.0129. The molecule has 0 aromatic heterocycles. The van der Waals surface area contributed by atoms with Gasteiger partial charge in [0.15, 0.2) is 0 Å². The second-order valence-electron chi connectivity index (χ2n) is 5.62. The van der Waals surface area contributed by atoms with E-state index in [-0.39, 0.29) is 11.8 Å². The van der Waals surface area contributed by atoms with Crippen molar-refractivity contribution in [2.24, 2.45) is 0 Å². The van der Waals surface area contributed by atoms with Gasteiger partial charge in [0, 0.05) is 49.1 Å². The third kappa shape index (κ3) is 4.79. The van der Waals surface area contributed by atoms with Crippen LogP contribution in [0.25, 0.3) is 0 Å². The Hall–Kier alpha value is -1.92. The zero-order valence-corrected chi connectivity index (χ0v) is 15.8. The molecule has 126 valence electrons. The minimum atomic E-state index is -0.0129. The third-order valence-corrected chi connectivity index (χ3v) is 5.59. The van der Waals surface area contributed by atoms with Gasteiger partial charge in [-0.25, -0.2) is 0 Å². The van der Waals surface area contributed by atoms with E-state index in [4.69, 9.17) is 0 Å². The maximum Gasteiger partial charge on any atom is 0.253 e. The molecular weight excluding hydrogens is 340 g/mol. The van der Waals surface area contributed by atoms with E-state index in [2.05, 4.69) is 0 Å². The Morgan fingerprint density at radius 3 is 1.42 bits per heavy atom. The monoisotopic (exact) mass is 360 g/mol. The van der Waals surface area contributed by atoms with Gasteiger partial charge in [0.2, 0.25) is 0 Å². The average Bonchev–Trinajstić information content (AvgIpc) is 2.59. The standard InChI is InChI=1S/C18H20N2O2S2/c1-19(2)17(21)13-7-5-9-15(11-13)23-24-16-10-6-8-14(12-16)18(22)20(3)4/h5-12H,1-4H3. The van der Waals surface area contributed by atoms with Crippen molar-refractivity contribution in [3.8, 4) is 0 Å². The smallest absolute Gasteiger partial charge is 0.253 e. The van der Waals surface area contributed by atoms with Crippen LogP contribution >= 0.6 is 21.6 Å². The first-order valence-corrected chi connectivity index (χ1v) is 9.51. The van der Waals surface area contributed by atoms with Crippen LogP contribution < -0.4 is 0 Å². The fraction of sp³-hybridized carbons (Fsp3) is 0.222. The van der Waals surface area contributed by atoms with Crippen molar-refractivity contribution in [3.05, 3.63) is 59.7 Å². The van der Waals surface area contributed by atoms with Gasteiger partial charge < -0.3 is 9.80 Å². The van der Waals surface area contributed by atoms with E-state index in [9.17, 15) is 9.59 Å². The van der Waals surface area contributed by atoms with Crippen LogP contribution in [0.5, 0.6) is 0 Å². The van der Waals surface area contributed by atoms with Crippen molar-refractivity contribution >= 4 is 33.4 Å². The molecule has 0 heterocycles. The highest BCUT2D eigenvalue weighted by atomic mass is 33.1. The summed E-state index contributed by atoms with van der Waals surface area (Å²) < 4.78 is 0. The van der Waals surface area contributed by atoms with Crippen molar-refractivity contribution in [2.75, 3.05) is 28.2 Å². The van der Waals surface area contributed by atoms with Crippen LogP contribution in [0.15, 0.2) is 58.3 Å². The highest BCUT2D eigenvalue weighted by Gasteiger charge is 2.10. The normalized spacial score (nSPS) is 10.3. The molecule has 6 heteroatoms. The van der Waals surface area contributed by atoms with E-state index in [1.54, 1.807) is 59.6 Å². The molecule has 2 rings (SSSR count). The number of nitrogens with zero attached hydrogens (tertiary/aromatic N) is 2. The third-order valence-electron chi connectivity index (χ3n) is 3.21. The van der Waals surface area contributed by atoms with Gasteiger partial charge in [0.05, 0.1) is 0 Å². The molecule has 0 radical (unpaired) electrons. The summed E-state index contributed by atoms with van der Waals surface area (Å²) in [5, 5.41) is 0. The topological polar surface area (TPSA) is 40.6 Å². The van der Waals surface area contributed by atoms with Crippen LogP contribution in [0, 0.1) is 0 Å². The molecule has 2 aromatic rings. The lowest BCUT2D eigenvalue weighted by atomic mass is 10.2. The molecule has 2 aromatic carbocycles. The summed E-state index contributed by atoms with van der Waals surface area (Å²) in [5.74, 6) is -0.0259. The highest BCUT2D eigenvalue weighted by molar-refractivity contribution is 8.76. The summed E-state index contributed by atoms with van der Waals surface area (Å²) in [5.41, 5.74) is 1.34. The first kappa shape index (κ1) is 18.4. The van der Waals surface area contributed by atoms with Crippen LogP contribution in [0.1, 0.15) is 20.7 Å². The number of benzene rings is 2. The molecule has 4 nitrogen and oxygen atoms in total. The Kier molecular flexibility index (Phi) is 6.34. The summed E-state index contributed by atoms with van der Waals surface area (Å²) in [6.45, 7) is 0. The predicted molar refractivity (Wildman–Crippen MR) is 101 cm³/mol. The second-order valence-corrected chi connectivity index (χ2v) is 7.90. The van der Waals surface area contributed by atoms with E-state index in [1.165, 1.54) is 0 Å². The Balaban J connectivity index is 2.09. The van der Waals surface area contributed by atoms with Crippen molar-refractivity contribution in [1.82, 2.24) is 9.80 Å². The molecule has 0 aliphatic carbocycles. The van der Waals surface area contributed by atoms with E-state index < -0.39 is 0 Å². The quantitative estimate of drug-likeness (QED) is 0.759. The lowest BCUT2D eigenvalue weighted by Crippen LogP contribution is -2.21. The zero-order valence-electron chi connectivity index (χ0n) is 14.1. The Morgan fingerprint density at radius 2 is 1.08 bits per heavy atom. The van der Waals surface area contributed by atoms with E-state index >= 15 is 0 Å². The van der Waals surface area contributed by atoms with Crippen molar-refractivity contribution < 1.29 is 9.59 Å². The molecule has 2 amide bonds. The van der Waals surface area contributed by atoms with Crippen LogP contribution in [0.3, 0.4) is 0 Å². The molecule has 0 aliphatic heterocycles. The number of hydrogen-bond acceptors (Lipinski definition) is 4. The molecule has 0 fully saturated rings. The highest BCUT2D eigenvalue weighted by Crippen LogP contribution is 2.37. The summed E-state index contributed by atoms with van der Waals surface area (Å²) in [4.78, 5) is 29.2.